The van der Waals surface area contributed by atoms with E-state index in [2.05, 4.69) is 5.32 Å². The lowest BCUT2D eigenvalue weighted by atomic mass is 10.1. The predicted molar refractivity (Wildman–Crippen MR) is 63.2 cm³/mol. The van der Waals surface area contributed by atoms with E-state index in [1.807, 2.05) is 0 Å². The first-order chi connectivity index (χ1) is 8.33. The van der Waals surface area contributed by atoms with Gasteiger partial charge in [-0.3, -0.25) is 4.79 Å². The van der Waals surface area contributed by atoms with Crippen molar-refractivity contribution in [1.82, 2.24) is 0 Å². The molecule has 2 rings (SSSR count). The van der Waals surface area contributed by atoms with E-state index in [4.69, 9.17) is 5.11 Å². The second kappa shape index (κ2) is 4.09. The number of hydrogen-bond acceptors (Lipinski definition) is 4. The van der Waals surface area contributed by atoms with Gasteiger partial charge in [0, 0.05) is 5.92 Å². The van der Waals surface area contributed by atoms with E-state index in [1.165, 1.54) is 25.1 Å². The summed E-state index contributed by atoms with van der Waals surface area (Å²) in [5.41, 5.74) is -0.286. The Hall–Kier alpha value is -1.89. The monoisotopic (exact) mass is 269 g/mol. The summed E-state index contributed by atoms with van der Waals surface area (Å²) in [4.78, 5) is 22.4. The molecule has 0 spiro atoms. The van der Waals surface area contributed by atoms with Crippen molar-refractivity contribution in [2.75, 3.05) is 11.1 Å². The van der Waals surface area contributed by atoms with Crippen LogP contribution < -0.4 is 5.32 Å². The Kier molecular flexibility index (Phi) is 2.86. The van der Waals surface area contributed by atoms with Crippen molar-refractivity contribution in [3.05, 3.63) is 23.8 Å². The van der Waals surface area contributed by atoms with Gasteiger partial charge in [0.2, 0.25) is 5.91 Å². The van der Waals surface area contributed by atoms with E-state index < -0.39 is 33.4 Å². The van der Waals surface area contributed by atoms with Crippen LogP contribution in [-0.4, -0.2) is 31.2 Å². The average Bonchev–Trinajstić information content (AvgIpc) is 2.34. The van der Waals surface area contributed by atoms with Gasteiger partial charge in [-0.2, -0.15) is 0 Å². The van der Waals surface area contributed by atoms with E-state index >= 15 is 0 Å². The van der Waals surface area contributed by atoms with Gasteiger partial charge in [-0.05, 0) is 12.1 Å². The third-order valence-corrected chi connectivity index (χ3v) is 4.73. The first-order valence-corrected chi connectivity index (χ1v) is 6.88. The van der Waals surface area contributed by atoms with E-state index in [-0.39, 0.29) is 16.1 Å². The summed E-state index contributed by atoms with van der Waals surface area (Å²) in [7, 11) is -3.80. The Morgan fingerprint density at radius 3 is 2.72 bits per heavy atom. The third kappa shape index (κ3) is 1.97. The van der Waals surface area contributed by atoms with Gasteiger partial charge in [0.25, 0.3) is 0 Å². The maximum atomic E-state index is 12.1. The van der Waals surface area contributed by atoms with Crippen molar-refractivity contribution in [1.29, 1.82) is 0 Å². The normalized spacial score (nSPS) is 21.6. The molecule has 1 heterocycles. The second-order valence-corrected chi connectivity index (χ2v) is 6.13. The molecule has 2 N–H and O–H groups in total. The average molecular weight is 269 g/mol. The molecule has 1 unspecified atom stereocenters. The van der Waals surface area contributed by atoms with Crippen LogP contribution >= 0.6 is 0 Å². The fourth-order valence-corrected chi connectivity index (χ4v) is 3.80. The lowest BCUT2D eigenvalue weighted by Crippen LogP contribution is -2.22. The van der Waals surface area contributed by atoms with Crippen molar-refractivity contribution in [2.45, 2.75) is 11.8 Å². The van der Waals surface area contributed by atoms with Crippen molar-refractivity contribution >= 4 is 27.4 Å². The third-order valence-electron chi connectivity index (χ3n) is 2.73. The Labute approximate surface area is 104 Å². The zero-order valence-corrected chi connectivity index (χ0v) is 10.3. The van der Waals surface area contributed by atoms with Crippen LogP contribution in [0.3, 0.4) is 0 Å². The van der Waals surface area contributed by atoms with Crippen LogP contribution in [0.2, 0.25) is 0 Å². The summed E-state index contributed by atoms with van der Waals surface area (Å²) in [5.74, 6) is -2.88. The molecule has 96 valence electrons. The van der Waals surface area contributed by atoms with Crippen LogP contribution in [0.25, 0.3) is 0 Å². The van der Waals surface area contributed by atoms with Crippen LogP contribution in [0.15, 0.2) is 23.1 Å². The summed E-state index contributed by atoms with van der Waals surface area (Å²) < 4.78 is 24.2. The lowest BCUT2D eigenvalue weighted by Gasteiger charge is -2.09. The molecule has 0 fully saturated rings. The number of carboxylic acids is 1. The Balaban J connectivity index is 2.76. The molecule has 6 nitrogen and oxygen atoms in total. The molecule has 1 amide bonds. The van der Waals surface area contributed by atoms with Crippen LogP contribution in [0.5, 0.6) is 0 Å². The zero-order chi connectivity index (χ0) is 13.5. The minimum atomic E-state index is -3.80. The molecule has 1 atom stereocenters. The van der Waals surface area contributed by atoms with Gasteiger partial charge in [-0.15, -0.1) is 0 Å². The lowest BCUT2D eigenvalue weighted by molar-refractivity contribution is -0.118. The van der Waals surface area contributed by atoms with E-state index in [9.17, 15) is 18.0 Å². The number of fused-ring (bicyclic) bond motifs is 1. The Morgan fingerprint density at radius 1 is 1.44 bits per heavy atom. The molecule has 0 aromatic heterocycles. The molecule has 1 aromatic carbocycles. The number of anilines is 1. The number of aromatic carboxylic acids is 1. The molecular formula is C11H11NO5S. The van der Waals surface area contributed by atoms with Gasteiger partial charge in [-0.1, -0.05) is 13.0 Å². The molecule has 0 bridgehead atoms. The fourth-order valence-electron chi connectivity index (χ4n) is 1.88. The van der Waals surface area contributed by atoms with E-state index in [0.717, 1.165) is 0 Å². The van der Waals surface area contributed by atoms with Crippen molar-refractivity contribution in [3.8, 4) is 0 Å². The van der Waals surface area contributed by atoms with Gasteiger partial charge in [0.05, 0.1) is 17.0 Å². The summed E-state index contributed by atoms with van der Waals surface area (Å²) in [6.07, 6.45) is 0. The molecule has 1 aliphatic heterocycles. The Morgan fingerprint density at radius 2 is 2.11 bits per heavy atom. The first-order valence-electron chi connectivity index (χ1n) is 5.23. The molecule has 0 saturated carbocycles. The molecule has 0 saturated heterocycles. The van der Waals surface area contributed by atoms with Crippen molar-refractivity contribution in [2.24, 2.45) is 5.92 Å². The van der Waals surface area contributed by atoms with Gasteiger partial charge < -0.3 is 10.4 Å². The number of nitrogens with one attached hydrogen (secondary N) is 1. The van der Waals surface area contributed by atoms with Crippen LogP contribution in [0, 0.1) is 5.92 Å². The number of carboxylic acid groups (broad SMARTS) is 1. The summed E-state index contributed by atoms with van der Waals surface area (Å²) >= 11 is 0. The molecule has 7 heteroatoms. The Bertz CT molecular complexity index is 635. The topological polar surface area (TPSA) is 101 Å². The maximum Gasteiger partial charge on any atom is 0.337 e. The van der Waals surface area contributed by atoms with Crippen LogP contribution in [-0.2, 0) is 14.6 Å². The quantitative estimate of drug-likeness (QED) is 0.783. The number of benzene rings is 1. The smallest absolute Gasteiger partial charge is 0.337 e. The van der Waals surface area contributed by atoms with Crippen LogP contribution in [0.1, 0.15) is 17.3 Å². The van der Waals surface area contributed by atoms with Gasteiger partial charge in [0.1, 0.15) is 4.90 Å². The number of hydrogen-bond donors (Lipinski definition) is 2. The largest absolute Gasteiger partial charge is 0.478 e. The molecule has 18 heavy (non-hydrogen) atoms. The van der Waals surface area contributed by atoms with Crippen LogP contribution in [0.4, 0.5) is 5.69 Å². The van der Waals surface area contributed by atoms with Gasteiger partial charge in [-0.25, -0.2) is 13.2 Å². The number of carbonyl (C=O) groups excluding carboxylic acids is 1. The number of rotatable bonds is 1. The zero-order valence-electron chi connectivity index (χ0n) is 9.50. The predicted octanol–water partition coefficient (Wildman–Crippen LogP) is 0.747. The fraction of sp³-hybridized carbons (Fsp3) is 0.273. The molecule has 0 aliphatic carbocycles. The molecular weight excluding hydrogens is 258 g/mol. The number of sulfone groups is 1. The second-order valence-electron chi connectivity index (χ2n) is 4.16. The van der Waals surface area contributed by atoms with Gasteiger partial charge in [0.15, 0.2) is 9.84 Å². The minimum absolute atomic E-state index is 0.0317. The highest BCUT2D eigenvalue weighted by atomic mass is 32.2. The highest BCUT2D eigenvalue weighted by Gasteiger charge is 2.33. The molecule has 1 aliphatic rings. The van der Waals surface area contributed by atoms with Gasteiger partial charge >= 0.3 is 5.97 Å². The number of carbonyl (C=O) groups is 2. The summed E-state index contributed by atoms with van der Waals surface area (Å²) in [6, 6.07) is 3.99. The number of amides is 1. The van der Waals surface area contributed by atoms with E-state index in [1.54, 1.807) is 0 Å². The molecule has 0 radical (unpaired) electrons. The van der Waals surface area contributed by atoms with E-state index in [0.29, 0.717) is 0 Å². The highest BCUT2D eigenvalue weighted by molar-refractivity contribution is 7.91. The van der Waals surface area contributed by atoms with Crippen molar-refractivity contribution in [3.63, 3.8) is 0 Å². The summed E-state index contributed by atoms with van der Waals surface area (Å²) in [6.45, 7) is 1.49. The first kappa shape index (κ1) is 12.6. The maximum absolute atomic E-state index is 12.1. The van der Waals surface area contributed by atoms with Crippen molar-refractivity contribution < 1.29 is 23.1 Å². The SMILES string of the molecule is CC1CS(=O)(=O)c2c(cccc2C(=O)O)NC1=O. The molecule has 1 aromatic rings. The standard InChI is InChI=1S/C11H11NO5S/c1-6-5-18(16,17)9-7(11(14)15)3-2-4-8(9)12-10(6)13/h2-4,6H,5H2,1H3,(H,12,13)(H,14,15). The highest BCUT2D eigenvalue weighted by Crippen LogP contribution is 2.30. The minimum Gasteiger partial charge on any atom is -0.478 e. The summed E-state index contributed by atoms with van der Waals surface area (Å²) in [5, 5.41) is 11.5.